The van der Waals surface area contributed by atoms with E-state index < -0.39 is 5.97 Å². The molecule has 3 nitrogen and oxygen atoms in total. The van der Waals surface area contributed by atoms with Crippen LogP contribution in [0, 0.1) is 0 Å². The molecule has 0 spiro atoms. The Morgan fingerprint density at radius 1 is 1.29 bits per heavy atom. The van der Waals surface area contributed by atoms with Crippen molar-refractivity contribution in [2.75, 3.05) is 0 Å². The van der Waals surface area contributed by atoms with Crippen molar-refractivity contribution in [2.45, 2.75) is 25.7 Å². The second-order valence-electron chi connectivity index (χ2n) is 4.45. The summed E-state index contributed by atoms with van der Waals surface area (Å²) < 4.78 is 0. The lowest BCUT2D eigenvalue weighted by atomic mass is 9.95. The van der Waals surface area contributed by atoms with Gasteiger partial charge in [0.15, 0.2) is 0 Å². The Labute approximate surface area is 103 Å². The standard InChI is InChI=1S/C13H12ClNO2/c14-10-5-8-7-3-1-2-4-11(7)15-12(8)6-9(10)13(16)17/h5-6,15H,1-4H2,(H,16,17)/p-1. The first-order chi connectivity index (χ1) is 8.16. The van der Waals surface area contributed by atoms with Crippen molar-refractivity contribution >= 4 is 28.5 Å². The van der Waals surface area contributed by atoms with Crippen LogP contribution in [-0.4, -0.2) is 11.0 Å². The largest absolute Gasteiger partial charge is 0.545 e. The predicted molar refractivity (Wildman–Crippen MR) is 64.3 cm³/mol. The maximum atomic E-state index is 10.9. The Morgan fingerprint density at radius 2 is 2.06 bits per heavy atom. The predicted octanol–water partition coefficient (Wildman–Crippen LogP) is 2.06. The molecule has 1 N–H and O–H groups in total. The average Bonchev–Trinajstić information content (AvgIpc) is 2.65. The van der Waals surface area contributed by atoms with Gasteiger partial charge in [-0.15, -0.1) is 0 Å². The number of fused-ring (bicyclic) bond motifs is 3. The van der Waals surface area contributed by atoms with E-state index >= 15 is 0 Å². The molecule has 0 bridgehead atoms. The molecule has 0 atom stereocenters. The van der Waals surface area contributed by atoms with Crippen LogP contribution in [0.2, 0.25) is 5.02 Å². The lowest BCUT2D eigenvalue weighted by molar-refractivity contribution is -0.255. The SMILES string of the molecule is O=C([O-])c1cc2[nH]c3c(c2cc1Cl)CCCC3. The summed E-state index contributed by atoms with van der Waals surface area (Å²) in [7, 11) is 0. The van der Waals surface area contributed by atoms with Crippen LogP contribution >= 0.6 is 11.6 Å². The molecule has 0 saturated heterocycles. The van der Waals surface area contributed by atoms with Crippen LogP contribution in [0.4, 0.5) is 0 Å². The van der Waals surface area contributed by atoms with Gasteiger partial charge in [0.25, 0.3) is 0 Å². The van der Waals surface area contributed by atoms with E-state index in [9.17, 15) is 9.90 Å². The Hall–Kier alpha value is -1.48. The highest BCUT2D eigenvalue weighted by molar-refractivity contribution is 6.34. The number of carboxylic acids is 1. The molecule has 4 heteroatoms. The number of carboxylic acid groups (broad SMARTS) is 1. The van der Waals surface area contributed by atoms with Crippen molar-refractivity contribution in [1.29, 1.82) is 0 Å². The summed E-state index contributed by atoms with van der Waals surface area (Å²) in [6.07, 6.45) is 4.43. The van der Waals surface area contributed by atoms with Gasteiger partial charge in [-0.05, 0) is 43.4 Å². The van der Waals surface area contributed by atoms with Crippen LogP contribution in [0.3, 0.4) is 0 Å². The minimum Gasteiger partial charge on any atom is -0.545 e. The van der Waals surface area contributed by atoms with Crippen LogP contribution in [0.5, 0.6) is 0 Å². The summed E-state index contributed by atoms with van der Waals surface area (Å²) in [5, 5.41) is 12.2. The molecule has 2 aromatic rings. The third-order valence-corrected chi connectivity index (χ3v) is 3.72. The highest BCUT2D eigenvalue weighted by atomic mass is 35.5. The normalized spacial score (nSPS) is 14.9. The number of carbonyl (C=O) groups is 1. The minimum atomic E-state index is -1.23. The van der Waals surface area contributed by atoms with Crippen molar-refractivity contribution in [2.24, 2.45) is 0 Å². The van der Waals surface area contributed by atoms with E-state index in [-0.39, 0.29) is 10.6 Å². The zero-order chi connectivity index (χ0) is 12.0. The Bertz CT molecular complexity index is 615. The first-order valence-corrected chi connectivity index (χ1v) is 6.09. The zero-order valence-electron chi connectivity index (χ0n) is 9.18. The summed E-state index contributed by atoms with van der Waals surface area (Å²) >= 11 is 5.96. The third kappa shape index (κ3) is 1.62. The number of aromatic carboxylic acids is 1. The number of nitrogens with one attached hydrogen (secondary N) is 1. The van der Waals surface area contributed by atoms with Crippen LogP contribution in [0.1, 0.15) is 34.5 Å². The van der Waals surface area contributed by atoms with Crippen LogP contribution in [0.25, 0.3) is 10.9 Å². The number of aromatic amines is 1. The number of halogens is 1. The number of aromatic nitrogens is 1. The minimum absolute atomic E-state index is 0.0535. The summed E-state index contributed by atoms with van der Waals surface area (Å²) in [6, 6.07) is 3.31. The molecule has 1 heterocycles. The molecule has 3 rings (SSSR count). The van der Waals surface area contributed by atoms with Crippen molar-refractivity contribution in [1.82, 2.24) is 4.98 Å². The van der Waals surface area contributed by atoms with E-state index in [4.69, 9.17) is 11.6 Å². The topological polar surface area (TPSA) is 55.9 Å². The van der Waals surface area contributed by atoms with E-state index in [1.807, 2.05) is 0 Å². The molecule has 0 saturated carbocycles. The molecular weight excluding hydrogens is 238 g/mol. The molecule has 1 aromatic heterocycles. The smallest absolute Gasteiger partial charge is 0.0731 e. The Balaban J connectivity index is 2.28. The number of benzene rings is 1. The zero-order valence-corrected chi connectivity index (χ0v) is 9.93. The van der Waals surface area contributed by atoms with E-state index in [0.717, 1.165) is 23.7 Å². The highest BCUT2D eigenvalue weighted by Crippen LogP contribution is 2.32. The van der Waals surface area contributed by atoms with Gasteiger partial charge in [-0.1, -0.05) is 11.6 Å². The van der Waals surface area contributed by atoms with Crippen LogP contribution < -0.4 is 5.11 Å². The molecule has 0 unspecified atom stereocenters. The molecule has 1 aliphatic rings. The van der Waals surface area contributed by atoms with Crippen molar-refractivity contribution < 1.29 is 9.90 Å². The third-order valence-electron chi connectivity index (χ3n) is 3.41. The average molecular weight is 249 g/mol. The first kappa shape index (κ1) is 10.7. The summed E-state index contributed by atoms with van der Waals surface area (Å²) in [5.74, 6) is -1.23. The van der Waals surface area contributed by atoms with Crippen molar-refractivity contribution in [3.8, 4) is 0 Å². The number of rotatable bonds is 1. The van der Waals surface area contributed by atoms with E-state index in [1.165, 1.54) is 24.1 Å². The maximum Gasteiger partial charge on any atom is 0.0731 e. The summed E-state index contributed by atoms with van der Waals surface area (Å²) in [4.78, 5) is 14.2. The van der Waals surface area contributed by atoms with Gasteiger partial charge >= 0.3 is 0 Å². The number of carbonyl (C=O) groups excluding carboxylic acids is 1. The molecule has 17 heavy (non-hydrogen) atoms. The van der Waals surface area contributed by atoms with E-state index in [2.05, 4.69) is 4.98 Å². The lowest BCUT2D eigenvalue weighted by Gasteiger charge is -2.10. The van der Waals surface area contributed by atoms with Crippen molar-refractivity contribution in [3.05, 3.63) is 34.0 Å². The Kier molecular flexibility index (Phi) is 2.37. The fourth-order valence-corrected chi connectivity index (χ4v) is 2.83. The lowest BCUT2D eigenvalue weighted by Crippen LogP contribution is -2.22. The maximum absolute atomic E-state index is 10.9. The highest BCUT2D eigenvalue weighted by Gasteiger charge is 2.16. The van der Waals surface area contributed by atoms with Crippen LogP contribution in [0.15, 0.2) is 12.1 Å². The molecule has 0 aliphatic heterocycles. The van der Waals surface area contributed by atoms with Gasteiger partial charge in [-0.25, -0.2) is 0 Å². The second-order valence-corrected chi connectivity index (χ2v) is 4.86. The van der Waals surface area contributed by atoms with Crippen LogP contribution in [-0.2, 0) is 12.8 Å². The van der Waals surface area contributed by atoms with Gasteiger partial charge in [0.1, 0.15) is 0 Å². The van der Waals surface area contributed by atoms with Gasteiger partial charge < -0.3 is 14.9 Å². The fraction of sp³-hybridized carbons (Fsp3) is 0.308. The van der Waals surface area contributed by atoms with Crippen molar-refractivity contribution in [3.63, 3.8) is 0 Å². The number of hydrogen-bond acceptors (Lipinski definition) is 2. The molecule has 0 radical (unpaired) electrons. The van der Waals surface area contributed by atoms with Gasteiger partial charge in [0.2, 0.25) is 0 Å². The molecular formula is C13H11ClNO2-. The molecule has 1 aliphatic carbocycles. The van der Waals surface area contributed by atoms with Gasteiger partial charge in [-0.2, -0.15) is 0 Å². The molecule has 0 fully saturated rings. The second kappa shape index (κ2) is 3.77. The molecule has 1 aromatic carbocycles. The molecule has 88 valence electrons. The molecule has 0 amide bonds. The van der Waals surface area contributed by atoms with Gasteiger partial charge in [0, 0.05) is 22.2 Å². The number of aryl methyl sites for hydroxylation is 2. The van der Waals surface area contributed by atoms with E-state index in [1.54, 1.807) is 12.1 Å². The number of hydrogen-bond donors (Lipinski definition) is 1. The van der Waals surface area contributed by atoms with Gasteiger partial charge in [0.05, 0.1) is 11.0 Å². The monoisotopic (exact) mass is 248 g/mol. The van der Waals surface area contributed by atoms with Gasteiger partial charge in [-0.3, -0.25) is 0 Å². The first-order valence-electron chi connectivity index (χ1n) is 5.71. The fourth-order valence-electron chi connectivity index (χ4n) is 2.59. The Morgan fingerprint density at radius 3 is 2.82 bits per heavy atom. The quantitative estimate of drug-likeness (QED) is 0.840. The van der Waals surface area contributed by atoms with E-state index in [0.29, 0.717) is 0 Å². The number of H-pyrrole nitrogens is 1. The summed E-state index contributed by atoms with van der Waals surface area (Å²) in [5.41, 5.74) is 3.41. The summed E-state index contributed by atoms with van der Waals surface area (Å²) in [6.45, 7) is 0.